The Morgan fingerprint density at radius 3 is 2.86 bits per heavy atom. The van der Waals surface area contributed by atoms with Crippen LogP contribution in [0.5, 0.6) is 0 Å². The summed E-state index contributed by atoms with van der Waals surface area (Å²) in [4.78, 5) is 12.8. The minimum atomic E-state index is -0.193. The van der Waals surface area contributed by atoms with Crippen LogP contribution in [-0.2, 0) is 14.2 Å². The SMILES string of the molecule is COC[C@H]1O[C@@H](n2cnc3c(Br)ncnc32)C(C)C1OC. The van der Waals surface area contributed by atoms with Crippen molar-refractivity contribution in [2.24, 2.45) is 5.92 Å². The molecule has 1 fully saturated rings. The number of fused-ring (bicyclic) bond motifs is 1. The molecule has 2 aromatic heterocycles. The second-order valence-electron chi connectivity index (χ2n) is 5.07. The van der Waals surface area contributed by atoms with Gasteiger partial charge in [0.15, 0.2) is 5.65 Å². The van der Waals surface area contributed by atoms with Crippen LogP contribution in [0, 0.1) is 5.92 Å². The second kappa shape index (κ2) is 5.96. The van der Waals surface area contributed by atoms with E-state index in [0.29, 0.717) is 11.2 Å². The van der Waals surface area contributed by atoms with Crippen molar-refractivity contribution in [3.05, 3.63) is 17.3 Å². The first kappa shape index (κ1) is 14.8. The lowest BCUT2D eigenvalue weighted by molar-refractivity contribution is -0.0600. The van der Waals surface area contributed by atoms with E-state index in [1.807, 2.05) is 4.57 Å². The molecule has 1 aliphatic rings. The fourth-order valence-electron chi connectivity index (χ4n) is 2.87. The standard InChI is InChI=1S/C13H17BrN4O3/c1-7-10(20-3)8(4-19-2)21-13(7)18-6-17-9-11(14)15-5-16-12(9)18/h5-8,10,13H,4H2,1-3H3/t7?,8-,10?,13-/m1/s1. The minimum Gasteiger partial charge on any atom is -0.382 e. The second-order valence-corrected chi connectivity index (χ2v) is 5.82. The molecule has 1 aliphatic heterocycles. The summed E-state index contributed by atoms with van der Waals surface area (Å²) in [6.45, 7) is 2.58. The maximum absolute atomic E-state index is 6.11. The number of aromatic nitrogens is 4. The van der Waals surface area contributed by atoms with Crippen LogP contribution in [0.25, 0.3) is 11.2 Å². The molecule has 0 radical (unpaired) electrons. The van der Waals surface area contributed by atoms with Gasteiger partial charge in [0.1, 0.15) is 28.8 Å². The van der Waals surface area contributed by atoms with Crippen LogP contribution in [-0.4, -0.2) is 52.6 Å². The predicted molar refractivity (Wildman–Crippen MR) is 78.8 cm³/mol. The molecule has 2 unspecified atom stereocenters. The van der Waals surface area contributed by atoms with E-state index in [4.69, 9.17) is 14.2 Å². The van der Waals surface area contributed by atoms with E-state index in [9.17, 15) is 0 Å². The Morgan fingerprint density at radius 1 is 1.33 bits per heavy atom. The fourth-order valence-corrected chi connectivity index (χ4v) is 3.25. The van der Waals surface area contributed by atoms with Gasteiger partial charge in [0.2, 0.25) is 0 Å². The van der Waals surface area contributed by atoms with Crippen LogP contribution in [0.3, 0.4) is 0 Å². The molecule has 8 heteroatoms. The van der Waals surface area contributed by atoms with Crippen LogP contribution >= 0.6 is 15.9 Å². The molecule has 0 N–H and O–H groups in total. The van der Waals surface area contributed by atoms with Crippen LogP contribution in [0.15, 0.2) is 17.3 Å². The van der Waals surface area contributed by atoms with E-state index in [2.05, 4.69) is 37.8 Å². The molecule has 3 heterocycles. The van der Waals surface area contributed by atoms with Crippen molar-refractivity contribution in [2.45, 2.75) is 25.4 Å². The van der Waals surface area contributed by atoms with Gasteiger partial charge in [-0.2, -0.15) is 0 Å². The molecule has 0 saturated carbocycles. The molecule has 0 amide bonds. The molecule has 7 nitrogen and oxygen atoms in total. The molecule has 0 aliphatic carbocycles. The van der Waals surface area contributed by atoms with E-state index in [0.717, 1.165) is 11.2 Å². The first-order chi connectivity index (χ1) is 10.2. The minimum absolute atomic E-state index is 0.0299. The van der Waals surface area contributed by atoms with Crippen molar-refractivity contribution in [1.82, 2.24) is 19.5 Å². The van der Waals surface area contributed by atoms with Crippen molar-refractivity contribution in [1.29, 1.82) is 0 Å². The Balaban J connectivity index is 1.97. The van der Waals surface area contributed by atoms with Crippen LogP contribution in [0.1, 0.15) is 13.2 Å². The Hall–Kier alpha value is -1.09. The lowest BCUT2D eigenvalue weighted by Gasteiger charge is -2.19. The smallest absolute Gasteiger partial charge is 0.166 e. The van der Waals surface area contributed by atoms with Crippen molar-refractivity contribution < 1.29 is 14.2 Å². The van der Waals surface area contributed by atoms with Crippen LogP contribution < -0.4 is 0 Å². The van der Waals surface area contributed by atoms with E-state index in [1.54, 1.807) is 20.5 Å². The lowest BCUT2D eigenvalue weighted by atomic mass is 10.0. The molecule has 0 bridgehead atoms. The predicted octanol–water partition coefficient (Wildman–Crippen LogP) is 1.78. The molecule has 114 valence electrons. The summed E-state index contributed by atoms with van der Waals surface area (Å²) in [6.07, 6.45) is 2.90. The third kappa shape index (κ3) is 2.46. The third-order valence-electron chi connectivity index (χ3n) is 3.84. The molecule has 0 aromatic carbocycles. The number of hydrogen-bond acceptors (Lipinski definition) is 6. The summed E-state index contributed by atoms with van der Waals surface area (Å²) in [6, 6.07) is 0. The summed E-state index contributed by atoms with van der Waals surface area (Å²) in [5, 5.41) is 0. The maximum atomic E-state index is 6.11. The van der Waals surface area contributed by atoms with Gasteiger partial charge in [-0.15, -0.1) is 0 Å². The Morgan fingerprint density at radius 2 is 2.14 bits per heavy atom. The Labute approximate surface area is 130 Å². The van der Waals surface area contributed by atoms with Gasteiger partial charge in [-0.1, -0.05) is 6.92 Å². The van der Waals surface area contributed by atoms with Crippen molar-refractivity contribution in [3.63, 3.8) is 0 Å². The van der Waals surface area contributed by atoms with Gasteiger partial charge in [-0.05, 0) is 15.9 Å². The third-order valence-corrected chi connectivity index (χ3v) is 4.42. The summed E-state index contributed by atoms with van der Waals surface area (Å²) in [7, 11) is 3.35. The van der Waals surface area contributed by atoms with Gasteiger partial charge in [-0.3, -0.25) is 4.57 Å². The fraction of sp³-hybridized carbons (Fsp3) is 0.615. The highest BCUT2D eigenvalue weighted by atomic mass is 79.9. The average molecular weight is 357 g/mol. The number of ether oxygens (including phenoxy) is 3. The molecule has 1 saturated heterocycles. The topological polar surface area (TPSA) is 71.3 Å². The lowest BCUT2D eigenvalue weighted by Crippen LogP contribution is -2.31. The van der Waals surface area contributed by atoms with Gasteiger partial charge in [0, 0.05) is 20.1 Å². The molecule has 3 rings (SSSR count). The quantitative estimate of drug-likeness (QED) is 0.777. The van der Waals surface area contributed by atoms with Crippen LogP contribution in [0.2, 0.25) is 0 Å². The highest BCUT2D eigenvalue weighted by molar-refractivity contribution is 9.10. The maximum Gasteiger partial charge on any atom is 0.166 e. The molecule has 21 heavy (non-hydrogen) atoms. The average Bonchev–Trinajstić information content (AvgIpc) is 3.02. The summed E-state index contributed by atoms with van der Waals surface area (Å²) < 4.78 is 19.5. The zero-order chi connectivity index (χ0) is 15.0. The summed E-state index contributed by atoms with van der Waals surface area (Å²) in [5.74, 6) is 0.154. The number of rotatable bonds is 4. The molecule has 0 spiro atoms. The van der Waals surface area contributed by atoms with Gasteiger partial charge in [-0.25, -0.2) is 15.0 Å². The summed E-state index contributed by atoms with van der Waals surface area (Å²) in [5.41, 5.74) is 1.46. The number of hydrogen-bond donors (Lipinski definition) is 0. The van der Waals surface area contributed by atoms with Gasteiger partial charge >= 0.3 is 0 Å². The van der Waals surface area contributed by atoms with Crippen LogP contribution in [0.4, 0.5) is 0 Å². The highest BCUT2D eigenvalue weighted by Crippen LogP contribution is 2.37. The van der Waals surface area contributed by atoms with Gasteiger partial charge in [0.25, 0.3) is 0 Å². The number of imidazole rings is 1. The van der Waals surface area contributed by atoms with E-state index in [-0.39, 0.29) is 24.4 Å². The van der Waals surface area contributed by atoms with E-state index in [1.165, 1.54) is 6.33 Å². The molecular formula is C13H17BrN4O3. The molecule has 4 atom stereocenters. The first-order valence-electron chi connectivity index (χ1n) is 6.67. The largest absolute Gasteiger partial charge is 0.382 e. The number of nitrogens with zero attached hydrogens (tertiary/aromatic N) is 4. The van der Waals surface area contributed by atoms with Gasteiger partial charge < -0.3 is 14.2 Å². The number of halogens is 1. The van der Waals surface area contributed by atoms with Gasteiger partial charge in [0.05, 0.1) is 19.0 Å². The first-order valence-corrected chi connectivity index (χ1v) is 7.47. The van der Waals surface area contributed by atoms with Crippen molar-refractivity contribution in [2.75, 3.05) is 20.8 Å². The Kier molecular flexibility index (Phi) is 4.21. The molecule has 2 aromatic rings. The zero-order valence-electron chi connectivity index (χ0n) is 12.1. The highest BCUT2D eigenvalue weighted by Gasteiger charge is 2.43. The van der Waals surface area contributed by atoms with Crippen molar-refractivity contribution >= 4 is 27.1 Å². The number of methoxy groups -OCH3 is 2. The summed E-state index contributed by atoms with van der Waals surface area (Å²) >= 11 is 3.38. The van der Waals surface area contributed by atoms with E-state index >= 15 is 0 Å². The molecular weight excluding hydrogens is 340 g/mol. The van der Waals surface area contributed by atoms with Crippen molar-refractivity contribution in [3.8, 4) is 0 Å². The van der Waals surface area contributed by atoms with E-state index < -0.39 is 0 Å². The normalized spacial score (nSPS) is 29.3. The monoisotopic (exact) mass is 356 g/mol. The zero-order valence-corrected chi connectivity index (χ0v) is 13.6. The Bertz CT molecular complexity index is 635.